The number of carbonyl (C=O) groups is 1. The molecule has 51 heavy (non-hydrogen) atoms. The highest BCUT2D eigenvalue weighted by atomic mass is 35.5. The Morgan fingerprint density at radius 1 is 0.863 bits per heavy atom. The molecule has 2 aliphatic rings. The predicted octanol–water partition coefficient (Wildman–Crippen LogP) is 8.58. The van der Waals surface area contributed by atoms with Gasteiger partial charge in [-0.1, -0.05) is 77.8 Å². The molecule has 0 unspecified atom stereocenters. The Morgan fingerprint density at radius 2 is 1.61 bits per heavy atom. The van der Waals surface area contributed by atoms with Gasteiger partial charge in [0.05, 0.1) is 28.9 Å². The average Bonchev–Trinajstić information content (AvgIpc) is 3.62. The van der Waals surface area contributed by atoms with E-state index < -0.39 is 10.0 Å². The van der Waals surface area contributed by atoms with Gasteiger partial charge >= 0.3 is 0 Å². The van der Waals surface area contributed by atoms with E-state index in [0.717, 1.165) is 11.1 Å². The molecule has 2 aliphatic heterocycles. The maximum atomic E-state index is 14.4. The zero-order chi connectivity index (χ0) is 35.5. The summed E-state index contributed by atoms with van der Waals surface area (Å²) in [5.74, 6) is 0.953. The Bertz CT molecular complexity index is 2150. The van der Waals surface area contributed by atoms with Crippen molar-refractivity contribution in [2.75, 3.05) is 30.8 Å². The van der Waals surface area contributed by atoms with Crippen LogP contribution in [0.25, 0.3) is 0 Å². The first-order valence-corrected chi connectivity index (χ1v) is 18.5. The van der Waals surface area contributed by atoms with Crippen LogP contribution in [0.2, 0.25) is 10.0 Å². The first-order valence-electron chi connectivity index (χ1n) is 16.4. The largest absolute Gasteiger partial charge is 0.493 e. The van der Waals surface area contributed by atoms with E-state index in [4.69, 9.17) is 37.4 Å². The number of ether oxygens (including phenoxy) is 3. The van der Waals surface area contributed by atoms with Gasteiger partial charge < -0.3 is 19.1 Å². The molecule has 0 saturated carbocycles. The van der Waals surface area contributed by atoms with Crippen LogP contribution in [0.4, 0.5) is 10.1 Å². The summed E-state index contributed by atoms with van der Waals surface area (Å²) >= 11 is 13.1. The SMILES string of the molecule is O=C(c1ccc(Cl)c(S(=O)(=O)N(Cc2ccccc2)c2ccccc2Cl)c1)N1CC[C@@H](c2ccc(F)cc2)[C@H](COc2ccc3c(c2)OCO3)C1. The molecule has 12 heteroatoms. The second-order valence-electron chi connectivity index (χ2n) is 12.4. The number of hydrogen-bond acceptors (Lipinski definition) is 6. The number of rotatable bonds is 10. The normalized spacial score (nSPS) is 16.9. The van der Waals surface area contributed by atoms with Crippen molar-refractivity contribution in [3.63, 3.8) is 0 Å². The smallest absolute Gasteiger partial charge is 0.266 e. The number of anilines is 1. The first-order chi connectivity index (χ1) is 24.7. The molecular formula is C39H33Cl2FN2O6S. The molecule has 262 valence electrons. The third-order valence-electron chi connectivity index (χ3n) is 9.16. The van der Waals surface area contributed by atoms with E-state index in [2.05, 4.69) is 0 Å². The van der Waals surface area contributed by atoms with Crippen molar-refractivity contribution < 1.29 is 31.8 Å². The van der Waals surface area contributed by atoms with Gasteiger partial charge in [-0.3, -0.25) is 9.10 Å². The van der Waals surface area contributed by atoms with Crippen LogP contribution in [0.1, 0.15) is 33.8 Å². The van der Waals surface area contributed by atoms with Crippen molar-refractivity contribution in [2.45, 2.75) is 23.8 Å². The number of fused-ring (bicyclic) bond motifs is 1. The van der Waals surface area contributed by atoms with E-state index in [0.29, 0.717) is 36.8 Å². The molecule has 7 rings (SSSR count). The average molecular weight is 748 g/mol. The Morgan fingerprint density at radius 3 is 2.39 bits per heavy atom. The summed E-state index contributed by atoms with van der Waals surface area (Å²) in [6, 6.07) is 31.9. The number of sulfonamides is 1. The van der Waals surface area contributed by atoms with E-state index in [-0.39, 0.29) is 69.7 Å². The second kappa shape index (κ2) is 14.8. The van der Waals surface area contributed by atoms with Crippen molar-refractivity contribution in [3.05, 3.63) is 148 Å². The van der Waals surface area contributed by atoms with Crippen molar-refractivity contribution in [3.8, 4) is 17.2 Å². The number of nitrogens with zero attached hydrogens (tertiary/aromatic N) is 2. The van der Waals surface area contributed by atoms with Crippen LogP contribution in [0, 0.1) is 11.7 Å². The fraction of sp³-hybridized carbons (Fsp3) is 0.205. The molecule has 0 aromatic heterocycles. The monoisotopic (exact) mass is 746 g/mol. The zero-order valence-electron chi connectivity index (χ0n) is 27.3. The van der Waals surface area contributed by atoms with Gasteiger partial charge in [-0.15, -0.1) is 0 Å². The van der Waals surface area contributed by atoms with Gasteiger partial charge in [-0.05, 0) is 78.1 Å². The number of para-hydroxylation sites is 1. The first kappa shape index (κ1) is 34.7. The molecule has 2 atom stereocenters. The van der Waals surface area contributed by atoms with Crippen molar-refractivity contribution in [1.29, 1.82) is 0 Å². The Balaban J connectivity index is 1.16. The lowest BCUT2D eigenvalue weighted by Gasteiger charge is -2.39. The van der Waals surface area contributed by atoms with Crippen LogP contribution in [0.3, 0.4) is 0 Å². The minimum absolute atomic E-state index is 0.0106. The molecule has 8 nitrogen and oxygen atoms in total. The van der Waals surface area contributed by atoms with Gasteiger partial charge in [-0.2, -0.15) is 0 Å². The second-order valence-corrected chi connectivity index (χ2v) is 15.0. The molecule has 1 amide bonds. The van der Waals surface area contributed by atoms with Gasteiger partial charge in [0.25, 0.3) is 15.9 Å². The lowest BCUT2D eigenvalue weighted by Crippen LogP contribution is -2.45. The highest BCUT2D eigenvalue weighted by molar-refractivity contribution is 7.93. The summed E-state index contributed by atoms with van der Waals surface area (Å²) in [6.45, 7) is 1.10. The quantitative estimate of drug-likeness (QED) is 0.142. The molecule has 0 radical (unpaired) electrons. The number of amides is 1. The maximum absolute atomic E-state index is 14.4. The summed E-state index contributed by atoms with van der Waals surface area (Å²) in [4.78, 5) is 15.6. The number of halogens is 3. The molecule has 5 aromatic carbocycles. The van der Waals surface area contributed by atoms with Crippen LogP contribution < -0.4 is 18.5 Å². The summed E-state index contributed by atoms with van der Waals surface area (Å²) in [6.07, 6.45) is 0.586. The van der Waals surface area contributed by atoms with Gasteiger partial charge in [0.2, 0.25) is 6.79 Å². The number of carbonyl (C=O) groups excluding carboxylic acids is 1. The van der Waals surface area contributed by atoms with Crippen LogP contribution in [0.15, 0.2) is 120 Å². The summed E-state index contributed by atoms with van der Waals surface area (Å²) in [5.41, 5.74) is 2.14. The Hall–Kier alpha value is -4.77. The van der Waals surface area contributed by atoms with E-state index in [9.17, 15) is 17.6 Å². The molecule has 2 heterocycles. The molecule has 0 N–H and O–H groups in total. The van der Waals surface area contributed by atoms with Crippen LogP contribution >= 0.6 is 23.2 Å². The third-order valence-corrected chi connectivity index (χ3v) is 11.7. The van der Waals surface area contributed by atoms with E-state index >= 15 is 0 Å². The molecule has 0 spiro atoms. The highest BCUT2D eigenvalue weighted by Crippen LogP contribution is 2.39. The number of hydrogen-bond donors (Lipinski definition) is 0. The highest BCUT2D eigenvalue weighted by Gasteiger charge is 2.35. The van der Waals surface area contributed by atoms with Crippen LogP contribution in [0.5, 0.6) is 17.2 Å². The van der Waals surface area contributed by atoms with Crippen molar-refractivity contribution >= 4 is 44.8 Å². The molecule has 0 aliphatic carbocycles. The lowest BCUT2D eigenvalue weighted by atomic mass is 9.80. The minimum Gasteiger partial charge on any atom is -0.493 e. The van der Waals surface area contributed by atoms with Crippen molar-refractivity contribution in [2.24, 2.45) is 5.92 Å². The van der Waals surface area contributed by atoms with Gasteiger partial charge in [-0.25, -0.2) is 12.8 Å². The fourth-order valence-electron chi connectivity index (χ4n) is 6.54. The maximum Gasteiger partial charge on any atom is 0.266 e. The molecule has 1 fully saturated rings. The van der Waals surface area contributed by atoms with E-state index in [1.807, 2.05) is 30.3 Å². The van der Waals surface area contributed by atoms with Crippen LogP contribution in [-0.2, 0) is 16.6 Å². The number of piperidine rings is 1. The fourth-order valence-corrected chi connectivity index (χ4v) is 8.81. The third kappa shape index (κ3) is 7.49. The van der Waals surface area contributed by atoms with Gasteiger partial charge in [0.15, 0.2) is 11.5 Å². The summed E-state index contributed by atoms with van der Waals surface area (Å²) in [5, 5.41) is 0.222. The summed E-state index contributed by atoms with van der Waals surface area (Å²) in [7, 11) is -4.32. The number of benzene rings is 5. The van der Waals surface area contributed by atoms with E-state index in [1.165, 1.54) is 34.6 Å². The topological polar surface area (TPSA) is 85.4 Å². The predicted molar refractivity (Wildman–Crippen MR) is 194 cm³/mol. The molecular weight excluding hydrogens is 714 g/mol. The van der Waals surface area contributed by atoms with E-state index in [1.54, 1.807) is 59.5 Å². The Labute approximate surface area is 305 Å². The molecule has 5 aromatic rings. The summed E-state index contributed by atoms with van der Waals surface area (Å²) < 4.78 is 61.0. The van der Waals surface area contributed by atoms with Crippen molar-refractivity contribution in [1.82, 2.24) is 4.90 Å². The lowest BCUT2D eigenvalue weighted by molar-refractivity contribution is 0.0594. The zero-order valence-corrected chi connectivity index (χ0v) is 29.6. The molecule has 1 saturated heterocycles. The van der Waals surface area contributed by atoms with Gasteiger partial charge in [0, 0.05) is 30.6 Å². The van der Waals surface area contributed by atoms with Crippen LogP contribution in [-0.4, -0.2) is 45.7 Å². The molecule has 0 bridgehead atoms. The minimum atomic E-state index is -4.32. The standard InChI is InChI=1S/C39H33Cl2FN2O6S/c40-33-8-4-5-9-35(33)44(22-26-6-2-1-3-7-26)51(46,47)38-20-28(12-16-34(38)41)39(45)43-19-18-32(27-10-13-30(42)14-11-27)29(23-43)24-48-31-15-17-36-37(21-31)50-25-49-36/h1-17,20-21,29,32H,18-19,22-25H2/t29-,32-/m0/s1. The Kier molecular flexibility index (Phi) is 10.1. The number of likely N-dealkylation sites (tertiary alicyclic amines) is 1. The van der Waals surface area contributed by atoms with Gasteiger partial charge in [0.1, 0.15) is 16.5 Å².